The van der Waals surface area contributed by atoms with E-state index in [-0.39, 0.29) is 0 Å². The van der Waals surface area contributed by atoms with E-state index in [1.165, 1.54) is 11.3 Å². The van der Waals surface area contributed by atoms with Crippen LogP contribution in [0, 0.1) is 6.92 Å². The second-order valence-electron chi connectivity index (χ2n) is 8.30. The summed E-state index contributed by atoms with van der Waals surface area (Å²) in [5.41, 5.74) is 3.59. The number of nitrogens with zero attached hydrogens (tertiary/aromatic N) is 1. The van der Waals surface area contributed by atoms with Crippen molar-refractivity contribution in [3.05, 3.63) is 95.0 Å². The van der Waals surface area contributed by atoms with Crippen molar-refractivity contribution < 1.29 is 24.0 Å². The summed E-state index contributed by atoms with van der Waals surface area (Å²) < 4.78 is 11.1. The molecule has 2 heterocycles. The first kappa shape index (κ1) is 23.3. The molecule has 0 aliphatic rings. The number of carboxylic acid groups (broad SMARTS) is 1. The van der Waals surface area contributed by atoms with Crippen molar-refractivity contribution in [2.24, 2.45) is 0 Å². The molecule has 0 fully saturated rings. The molecule has 0 aliphatic heterocycles. The lowest BCUT2D eigenvalue weighted by Crippen LogP contribution is -2.16. The molecule has 1 amide bonds. The molecular weight excluding hydrogens is 476 g/mol. The van der Waals surface area contributed by atoms with E-state index in [4.69, 9.17) is 9.26 Å². The molecule has 3 aromatic carbocycles. The molecule has 5 aromatic rings. The quantitative estimate of drug-likeness (QED) is 0.251. The molecule has 5 rings (SSSR count). The van der Waals surface area contributed by atoms with Gasteiger partial charge < -0.3 is 14.4 Å². The molecule has 0 bridgehead atoms. The smallest absolute Gasteiger partial charge is 0.412 e. The van der Waals surface area contributed by atoms with E-state index in [0.29, 0.717) is 22.0 Å². The van der Waals surface area contributed by atoms with Gasteiger partial charge in [-0.25, -0.2) is 9.59 Å². The molecule has 0 saturated carbocycles. The minimum atomic E-state index is -0.929. The summed E-state index contributed by atoms with van der Waals surface area (Å²) in [6.07, 6.45) is -1.01. The number of nitrogens with one attached hydrogen (secondary N) is 1. The topological polar surface area (TPSA) is 102 Å². The number of aryl methyl sites for hydroxylation is 1. The first-order valence-corrected chi connectivity index (χ1v) is 12.1. The Labute approximate surface area is 210 Å². The number of anilines is 1. The Hall–Kier alpha value is -4.43. The van der Waals surface area contributed by atoms with Gasteiger partial charge in [0, 0.05) is 10.4 Å². The van der Waals surface area contributed by atoms with Crippen LogP contribution in [0.1, 0.15) is 34.0 Å². The summed E-state index contributed by atoms with van der Waals surface area (Å²) in [4.78, 5) is 25.0. The number of thiophene rings is 1. The Morgan fingerprint density at radius 2 is 1.67 bits per heavy atom. The van der Waals surface area contributed by atoms with Crippen LogP contribution in [0.15, 0.2) is 83.4 Å². The minimum absolute atomic E-state index is 0.304. The highest BCUT2D eigenvalue weighted by Crippen LogP contribution is 2.35. The molecule has 180 valence electrons. The Morgan fingerprint density at radius 1 is 0.972 bits per heavy atom. The van der Waals surface area contributed by atoms with E-state index in [2.05, 4.69) is 10.5 Å². The molecule has 0 spiro atoms. The van der Waals surface area contributed by atoms with E-state index in [9.17, 15) is 14.7 Å². The zero-order valence-electron chi connectivity index (χ0n) is 19.5. The number of rotatable bonds is 6. The molecule has 2 aromatic heterocycles. The van der Waals surface area contributed by atoms with Gasteiger partial charge >= 0.3 is 12.1 Å². The number of carbonyl (C=O) groups excluding carboxylic acids is 1. The molecule has 7 nitrogen and oxygen atoms in total. The molecule has 0 aliphatic carbocycles. The van der Waals surface area contributed by atoms with Gasteiger partial charge in [-0.3, -0.25) is 5.32 Å². The monoisotopic (exact) mass is 498 g/mol. The summed E-state index contributed by atoms with van der Waals surface area (Å²) in [5.74, 6) is -0.492. The summed E-state index contributed by atoms with van der Waals surface area (Å²) in [6.45, 7) is 3.57. The number of ether oxygens (including phenoxy) is 1. The lowest BCUT2D eigenvalue weighted by molar-refractivity contribution is 0.0702. The fourth-order valence-electron chi connectivity index (χ4n) is 3.95. The van der Waals surface area contributed by atoms with Crippen LogP contribution in [0.5, 0.6) is 0 Å². The number of hydrogen-bond acceptors (Lipinski definition) is 6. The third kappa shape index (κ3) is 4.71. The van der Waals surface area contributed by atoms with E-state index < -0.39 is 18.2 Å². The number of carbonyl (C=O) groups is 2. The van der Waals surface area contributed by atoms with Crippen molar-refractivity contribution >= 4 is 39.9 Å². The fourth-order valence-corrected chi connectivity index (χ4v) is 4.79. The number of carboxylic acids is 1. The Bertz CT molecular complexity index is 1570. The van der Waals surface area contributed by atoms with Crippen LogP contribution in [-0.2, 0) is 4.74 Å². The zero-order chi connectivity index (χ0) is 25.2. The summed E-state index contributed by atoms with van der Waals surface area (Å²) >= 11 is 1.24. The van der Waals surface area contributed by atoms with Gasteiger partial charge in [0.05, 0.1) is 0 Å². The van der Waals surface area contributed by atoms with Crippen molar-refractivity contribution in [2.45, 2.75) is 20.0 Å². The predicted octanol–water partition coefficient (Wildman–Crippen LogP) is 7.54. The van der Waals surface area contributed by atoms with Crippen LogP contribution >= 0.6 is 11.3 Å². The Kier molecular flexibility index (Phi) is 6.26. The number of aromatic nitrogens is 1. The van der Waals surface area contributed by atoms with E-state index in [1.807, 2.05) is 79.7 Å². The second kappa shape index (κ2) is 9.67. The molecule has 0 radical (unpaired) electrons. The number of fused-ring (bicyclic) bond motifs is 1. The SMILES string of the molecule is Cc1noc(-c2ccc3cc(-c4ccc(C(=O)O)s4)ccc3c2)c1NC(=O)OC(C)c1ccccc1. The van der Waals surface area contributed by atoms with Crippen molar-refractivity contribution in [2.75, 3.05) is 5.32 Å². The van der Waals surface area contributed by atoms with Crippen molar-refractivity contribution in [3.63, 3.8) is 0 Å². The standard InChI is InChI=1S/C28H22N2O5S/c1-16-25(29-28(33)34-17(2)18-6-4-3-5-7-18)26(35-30-16)22-11-9-19-14-21(10-8-20(19)15-22)23-12-13-24(36-23)27(31)32/h3-15,17H,1-2H3,(H,29,33)(H,31,32). The van der Waals surface area contributed by atoms with Crippen LogP contribution < -0.4 is 5.32 Å². The third-order valence-corrected chi connectivity index (χ3v) is 6.97. The average molecular weight is 499 g/mol. The van der Waals surface area contributed by atoms with Crippen LogP contribution in [0.25, 0.3) is 32.5 Å². The summed E-state index contributed by atoms with van der Waals surface area (Å²) in [7, 11) is 0. The van der Waals surface area contributed by atoms with Crippen LogP contribution in [0.4, 0.5) is 10.5 Å². The van der Waals surface area contributed by atoms with Gasteiger partial charge in [0.25, 0.3) is 0 Å². The maximum Gasteiger partial charge on any atom is 0.412 e. The van der Waals surface area contributed by atoms with E-state index in [1.54, 1.807) is 13.0 Å². The van der Waals surface area contributed by atoms with Gasteiger partial charge in [-0.05, 0) is 60.0 Å². The minimum Gasteiger partial charge on any atom is -0.477 e. The predicted molar refractivity (Wildman–Crippen MR) is 139 cm³/mol. The van der Waals surface area contributed by atoms with Gasteiger partial charge in [-0.2, -0.15) is 0 Å². The number of hydrogen-bond donors (Lipinski definition) is 2. The number of benzene rings is 3. The highest BCUT2D eigenvalue weighted by Gasteiger charge is 2.20. The summed E-state index contributed by atoms with van der Waals surface area (Å²) in [6, 6.07) is 24.7. The molecule has 0 saturated heterocycles. The highest BCUT2D eigenvalue weighted by molar-refractivity contribution is 7.17. The average Bonchev–Trinajstić information content (AvgIpc) is 3.52. The largest absolute Gasteiger partial charge is 0.477 e. The zero-order valence-corrected chi connectivity index (χ0v) is 20.3. The molecule has 1 atom stereocenters. The molecule has 1 unspecified atom stereocenters. The van der Waals surface area contributed by atoms with Gasteiger partial charge in [0.15, 0.2) is 5.76 Å². The lowest BCUT2D eigenvalue weighted by Gasteiger charge is -2.14. The molecule has 8 heteroatoms. The fraction of sp³-hybridized carbons (Fsp3) is 0.107. The van der Waals surface area contributed by atoms with Gasteiger partial charge in [0.1, 0.15) is 22.4 Å². The van der Waals surface area contributed by atoms with Crippen molar-refractivity contribution in [1.29, 1.82) is 0 Å². The van der Waals surface area contributed by atoms with E-state index >= 15 is 0 Å². The summed E-state index contributed by atoms with van der Waals surface area (Å²) in [5, 5.41) is 18.0. The Morgan fingerprint density at radius 3 is 2.36 bits per heavy atom. The number of amides is 1. The van der Waals surface area contributed by atoms with Crippen LogP contribution in [-0.4, -0.2) is 22.3 Å². The van der Waals surface area contributed by atoms with E-state index in [0.717, 1.165) is 32.3 Å². The van der Waals surface area contributed by atoms with Crippen molar-refractivity contribution in [3.8, 4) is 21.8 Å². The maximum atomic E-state index is 12.6. The van der Waals surface area contributed by atoms with Gasteiger partial charge in [-0.15, -0.1) is 11.3 Å². The maximum absolute atomic E-state index is 12.6. The van der Waals surface area contributed by atoms with Gasteiger partial charge in [-0.1, -0.05) is 59.8 Å². The van der Waals surface area contributed by atoms with Crippen LogP contribution in [0.3, 0.4) is 0 Å². The normalized spacial score (nSPS) is 11.8. The first-order valence-electron chi connectivity index (χ1n) is 11.3. The Balaban J connectivity index is 1.38. The molecule has 2 N–H and O–H groups in total. The lowest BCUT2D eigenvalue weighted by atomic mass is 10.0. The second-order valence-corrected chi connectivity index (χ2v) is 9.38. The first-order chi connectivity index (χ1) is 17.4. The van der Waals surface area contributed by atoms with Crippen molar-refractivity contribution in [1.82, 2.24) is 5.16 Å². The molecular formula is C28H22N2O5S. The molecule has 36 heavy (non-hydrogen) atoms. The van der Waals surface area contributed by atoms with Gasteiger partial charge in [0.2, 0.25) is 0 Å². The highest BCUT2D eigenvalue weighted by atomic mass is 32.1. The third-order valence-electron chi connectivity index (χ3n) is 5.85. The van der Waals surface area contributed by atoms with Crippen LogP contribution in [0.2, 0.25) is 0 Å². The number of aromatic carboxylic acids is 1.